The molecule has 0 spiro atoms. The quantitative estimate of drug-likeness (QED) is 0.480. The van der Waals surface area contributed by atoms with Gasteiger partial charge in [0.25, 0.3) is 0 Å². The van der Waals surface area contributed by atoms with E-state index in [4.69, 9.17) is 21.4 Å². The van der Waals surface area contributed by atoms with E-state index in [-0.39, 0.29) is 11.7 Å². The van der Waals surface area contributed by atoms with Crippen LogP contribution in [0, 0.1) is 0 Å². The van der Waals surface area contributed by atoms with Crippen LogP contribution in [0.4, 0.5) is 0 Å². The largest absolute Gasteiger partial charge is 0.378 e. The summed E-state index contributed by atoms with van der Waals surface area (Å²) in [7, 11) is 1.63. The Kier molecular flexibility index (Phi) is 4.66. The molecule has 0 saturated heterocycles. The molecular formula is C21H17ClN4O2S. The van der Waals surface area contributed by atoms with Crippen LogP contribution in [-0.4, -0.2) is 32.7 Å². The highest BCUT2D eigenvalue weighted by Gasteiger charge is 2.32. The van der Waals surface area contributed by atoms with Gasteiger partial charge in [0.15, 0.2) is 17.1 Å². The normalized spacial score (nSPS) is 16.3. The Bertz CT molecular complexity index is 1220. The Balaban J connectivity index is 1.72. The van der Waals surface area contributed by atoms with E-state index in [1.165, 1.54) is 4.88 Å². The summed E-state index contributed by atoms with van der Waals surface area (Å²) in [6.45, 7) is 0.322. The summed E-state index contributed by atoms with van der Waals surface area (Å²) in [4.78, 5) is 14.0. The Labute approximate surface area is 176 Å². The van der Waals surface area contributed by atoms with Crippen LogP contribution in [0.25, 0.3) is 16.8 Å². The number of aromatic nitrogens is 4. The zero-order valence-corrected chi connectivity index (χ0v) is 17.2. The summed E-state index contributed by atoms with van der Waals surface area (Å²) in [5, 5.41) is 16.1. The highest BCUT2D eigenvalue weighted by molar-refractivity contribution is 7.10. The van der Waals surface area contributed by atoms with Crippen molar-refractivity contribution in [1.82, 2.24) is 19.8 Å². The lowest BCUT2D eigenvalue weighted by molar-refractivity contribution is 0.0956. The second-order valence-electron chi connectivity index (χ2n) is 7.04. The number of Topliss-reactive ketones (excluding diaryl/α,β-unsaturated/α-hetero) is 1. The first kappa shape index (κ1) is 18.4. The predicted molar refractivity (Wildman–Crippen MR) is 112 cm³/mol. The van der Waals surface area contributed by atoms with Crippen molar-refractivity contribution >= 4 is 34.4 Å². The topological polar surface area (TPSA) is 69.4 Å². The first-order chi connectivity index (χ1) is 14.2. The van der Waals surface area contributed by atoms with Gasteiger partial charge in [-0.25, -0.2) is 4.52 Å². The number of carbonyl (C=O) groups excluding carboxylic acids is 1. The van der Waals surface area contributed by atoms with Gasteiger partial charge in [-0.3, -0.25) is 4.79 Å². The van der Waals surface area contributed by atoms with E-state index in [0.29, 0.717) is 35.8 Å². The van der Waals surface area contributed by atoms with Gasteiger partial charge >= 0.3 is 0 Å². The number of ether oxygens (including phenoxy) is 1. The molecule has 3 heterocycles. The molecule has 1 atom stereocenters. The molecule has 8 heteroatoms. The van der Waals surface area contributed by atoms with Crippen LogP contribution < -0.4 is 0 Å². The third-order valence-electron chi connectivity index (χ3n) is 5.18. The van der Waals surface area contributed by atoms with Gasteiger partial charge in [0.05, 0.1) is 23.6 Å². The Morgan fingerprint density at radius 3 is 2.90 bits per heavy atom. The molecule has 0 radical (unpaired) electrons. The van der Waals surface area contributed by atoms with Crippen molar-refractivity contribution in [3.8, 4) is 11.1 Å². The molecule has 0 amide bonds. The van der Waals surface area contributed by atoms with Gasteiger partial charge in [-0.15, -0.1) is 21.5 Å². The SMILES string of the molecule is COCc1nn2c3c(nnc2c1-c1cccc(Cl)c1)C(=O)CC(c1cccs1)C3. The van der Waals surface area contributed by atoms with Gasteiger partial charge in [-0.1, -0.05) is 29.8 Å². The standard InChI is InChI=1S/C21H17ClN4O2S/c1-28-11-15-19(12-4-2-5-14(22)8-12)21-24-23-20-16(26(21)25-15)9-13(10-17(20)27)18-6-3-7-29-18/h2-8,13H,9-11H2,1H3. The molecule has 1 aromatic carbocycles. The highest BCUT2D eigenvalue weighted by atomic mass is 35.5. The lowest BCUT2D eigenvalue weighted by Gasteiger charge is -2.21. The third kappa shape index (κ3) is 3.15. The molecule has 0 saturated carbocycles. The van der Waals surface area contributed by atoms with Crippen LogP contribution in [0.5, 0.6) is 0 Å². The number of thiophene rings is 1. The molecule has 1 aliphatic carbocycles. The second-order valence-corrected chi connectivity index (χ2v) is 8.46. The minimum absolute atomic E-state index is 0.00662. The second kappa shape index (κ2) is 7.33. The van der Waals surface area contributed by atoms with Crippen LogP contribution in [-0.2, 0) is 17.8 Å². The lowest BCUT2D eigenvalue weighted by Crippen LogP contribution is -2.23. The average Bonchev–Trinajstić information content (AvgIpc) is 3.36. The molecule has 0 bridgehead atoms. The molecule has 3 aromatic heterocycles. The van der Waals surface area contributed by atoms with Crippen molar-refractivity contribution < 1.29 is 9.53 Å². The summed E-state index contributed by atoms with van der Waals surface area (Å²) < 4.78 is 7.14. The van der Waals surface area contributed by atoms with Gasteiger partial charge in [0.1, 0.15) is 0 Å². The van der Waals surface area contributed by atoms with Crippen molar-refractivity contribution in [3.63, 3.8) is 0 Å². The van der Waals surface area contributed by atoms with Crippen molar-refractivity contribution in [3.05, 3.63) is 68.8 Å². The summed E-state index contributed by atoms with van der Waals surface area (Å²) in [6.07, 6.45) is 1.14. The number of halogens is 1. The predicted octanol–water partition coefficient (Wildman–Crippen LogP) is 4.57. The average molecular weight is 425 g/mol. The van der Waals surface area contributed by atoms with Gasteiger partial charge in [-0.2, -0.15) is 5.10 Å². The van der Waals surface area contributed by atoms with Crippen LogP contribution in [0.1, 0.15) is 39.1 Å². The van der Waals surface area contributed by atoms with E-state index in [9.17, 15) is 4.79 Å². The van der Waals surface area contributed by atoms with Crippen molar-refractivity contribution in [2.45, 2.75) is 25.4 Å². The number of nitrogens with zero attached hydrogens (tertiary/aromatic N) is 4. The molecular weight excluding hydrogens is 408 g/mol. The molecule has 4 aromatic rings. The van der Waals surface area contributed by atoms with E-state index < -0.39 is 0 Å². The molecule has 6 nitrogen and oxygen atoms in total. The first-order valence-corrected chi connectivity index (χ1v) is 10.5. The molecule has 146 valence electrons. The summed E-state index contributed by atoms with van der Waals surface area (Å²) in [5.41, 5.74) is 4.28. The van der Waals surface area contributed by atoms with Gasteiger partial charge < -0.3 is 4.74 Å². The number of rotatable bonds is 4. The van der Waals surface area contributed by atoms with Gasteiger partial charge in [0, 0.05) is 35.8 Å². The number of hydrogen-bond acceptors (Lipinski definition) is 6. The zero-order valence-electron chi connectivity index (χ0n) is 15.6. The number of benzene rings is 1. The fourth-order valence-electron chi connectivity index (χ4n) is 3.92. The van der Waals surface area contributed by atoms with Crippen LogP contribution >= 0.6 is 22.9 Å². The van der Waals surface area contributed by atoms with Crippen LogP contribution in [0.2, 0.25) is 5.02 Å². The number of fused-ring (bicyclic) bond motifs is 3. The van der Waals surface area contributed by atoms with Gasteiger partial charge in [-0.05, 0) is 29.1 Å². The van der Waals surface area contributed by atoms with E-state index in [2.05, 4.69) is 16.3 Å². The van der Waals surface area contributed by atoms with Crippen molar-refractivity contribution in [2.75, 3.05) is 7.11 Å². The Morgan fingerprint density at radius 1 is 1.24 bits per heavy atom. The number of methoxy groups -OCH3 is 1. The number of carbonyl (C=O) groups is 1. The monoisotopic (exact) mass is 424 g/mol. The summed E-state index contributed by atoms with van der Waals surface area (Å²) >= 11 is 7.89. The molecule has 0 N–H and O–H groups in total. The fraction of sp³-hybridized carbons (Fsp3) is 0.238. The molecule has 0 aliphatic heterocycles. The van der Waals surface area contributed by atoms with E-state index in [1.807, 2.05) is 35.7 Å². The maximum atomic E-state index is 12.8. The summed E-state index contributed by atoms with van der Waals surface area (Å²) in [6, 6.07) is 11.6. The van der Waals surface area contributed by atoms with Crippen molar-refractivity contribution in [1.29, 1.82) is 0 Å². The van der Waals surface area contributed by atoms with E-state index in [0.717, 1.165) is 22.5 Å². The minimum Gasteiger partial charge on any atom is -0.378 e. The maximum absolute atomic E-state index is 12.8. The minimum atomic E-state index is 0.00662. The Hall–Kier alpha value is -2.61. The first-order valence-electron chi connectivity index (χ1n) is 9.24. The number of hydrogen-bond donors (Lipinski definition) is 0. The highest BCUT2D eigenvalue weighted by Crippen LogP contribution is 2.36. The molecule has 1 aliphatic rings. The molecule has 0 fully saturated rings. The molecule has 5 rings (SSSR count). The van der Waals surface area contributed by atoms with Crippen LogP contribution in [0.15, 0.2) is 41.8 Å². The maximum Gasteiger partial charge on any atom is 0.185 e. The third-order valence-corrected chi connectivity index (χ3v) is 6.45. The fourth-order valence-corrected chi connectivity index (χ4v) is 4.94. The van der Waals surface area contributed by atoms with Crippen molar-refractivity contribution in [2.24, 2.45) is 0 Å². The summed E-state index contributed by atoms with van der Waals surface area (Å²) in [5.74, 6) is 0.138. The lowest BCUT2D eigenvalue weighted by atomic mass is 9.87. The molecule has 29 heavy (non-hydrogen) atoms. The molecule has 1 unspecified atom stereocenters. The van der Waals surface area contributed by atoms with Crippen LogP contribution in [0.3, 0.4) is 0 Å². The smallest absolute Gasteiger partial charge is 0.185 e. The van der Waals surface area contributed by atoms with Gasteiger partial charge in [0.2, 0.25) is 0 Å². The Morgan fingerprint density at radius 2 is 2.14 bits per heavy atom. The number of ketones is 1. The van der Waals surface area contributed by atoms with E-state index in [1.54, 1.807) is 23.0 Å². The van der Waals surface area contributed by atoms with E-state index >= 15 is 0 Å². The zero-order chi connectivity index (χ0) is 20.0.